The second-order valence-corrected chi connectivity index (χ2v) is 5.62. The zero-order chi connectivity index (χ0) is 10.5. The van der Waals surface area contributed by atoms with Crippen LogP contribution in [0, 0.1) is 17.8 Å². The second kappa shape index (κ2) is 3.21. The van der Waals surface area contributed by atoms with Crippen molar-refractivity contribution in [1.82, 2.24) is 5.32 Å². The van der Waals surface area contributed by atoms with Crippen LogP contribution in [0.3, 0.4) is 0 Å². The van der Waals surface area contributed by atoms with Gasteiger partial charge in [-0.25, -0.2) is 0 Å². The van der Waals surface area contributed by atoms with Gasteiger partial charge >= 0.3 is 0 Å². The van der Waals surface area contributed by atoms with Crippen LogP contribution in [-0.4, -0.2) is 23.2 Å². The van der Waals surface area contributed by atoms with Gasteiger partial charge in [0.15, 0.2) is 0 Å². The van der Waals surface area contributed by atoms with Gasteiger partial charge in [-0.1, -0.05) is 0 Å². The summed E-state index contributed by atoms with van der Waals surface area (Å²) < 4.78 is 0. The molecule has 1 spiro atoms. The zero-order valence-electron chi connectivity index (χ0n) is 9.04. The standard InChI is InChI=1S/C12H19NO2/c14-7-9-5-10-2-1-8(9)6-12(10)4-3-11(15)13-12/h8-10,14H,1-7H2,(H,13,15). The molecule has 4 aliphatic rings. The maximum absolute atomic E-state index is 11.4. The lowest BCUT2D eigenvalue weighted by Crippen LogP contribution is -2.57. The Bertz CT molecular complexity index is 291. The first-order chi connectivity index (χ1) is 7.23. The molecule has 4 atom stereocenters. The Labute approximate surface area is 90.2 Å². The van der Waals surface area contributed by atoms with E-state index in [2.05, 4.69) is 5.32 Å². The number of hydrogen-bond acceptors (Lipinski definition) is 2. The first-order valence-corrected chi connectivity index (χ1v) is 6.15. The third-order valence-electron chi connectivity index (χ3n) is 4.97. The number of carbonyl (C=O) groups excluding carboxylic acids is 1. The zero-order valence-corrected chi connectivity index (χ0v) is 9.04. The normalized spacial score (nSPS) is 48.6. The summed E-state index contributed by atoms with van der Waals surface area (Å²) in [6, 6.07) is 0. The van der Waals surface area contributed by atoms with Crippen LogP contribution < -0.4 is 5.32 Å². The summed E-state index contributed by atoms with van der Waals surface area (Å²) in [6.45, 7) is 0.338. The summed E-state index contributed by atoms with van der Waals surface area (Å²) in [5.74, 6) is 2.03. The molecule has 0 aromatic rings. The number of aliphatic hydroxyl groups is 1. The molecule has 2 N–H and O–H groups in total. The molecule has 1 saturated heterocycles. The summed E-state index contributed by atoms with van der Waals surface area (Å²) >= 11 is 0. The molecule has 1 aliphatic heterocycles. The highest BCUT2D eigenvalue weighted by molar-refractivity contribution is 5.79. The number of rotatable bonds is 1. The van der Waals surface area contributed by atoms with E-state index in [4.69, 9.17) is 0 Å². The van der Waals surface area contributed by atoms with E-state index in [-0.39, 0.29) is 11.4 Å². The van der Waals surface area contributed by atoms with E-state index in [1.54, 1.807) is 0 Å². The predicted octanol–water partition coefficient (Wildman–Crippen LogP) is 1.06. The minimum Gasteiger partial charge on any atom is -0.396 e. The van der Waals surface area contributed by atoms with Crippen LogP contribution in [0.4, 0.5) is 0 Å². The van der Waals surface area contributed by atoms with E-state index in [9.17, 15) is 9.90 Å². The molecule has 4 rings (SSSR count). The Hall–Kier alpha value is -0.570. The van der Waals surface area contributed by atoms with Crippen molar-refractivity contribution in [3.63, 3.8) is 0 Å². The van der Waals surface area contributed by atoms with Gasteiger partial charge in [0.1, 0.15) is 0 Å². The van der Waals surface area contributed by atoms with Crippen LogP contribution in [0.2, 0.25) is 0 Å². The van der Waals surface area contributed by atoms with E-state index in [1.807, 2.05) is 0 Å². The molecule has 0 aromatic carbocycles. The molecule has 1 amide bonds. The summed E-state index contributed by atoms with van der Waals surface area (Å²) in [4.78, 5) is 11.4. The van der Waals surface area contributed by atoms with Crippen LogP contribution in [0.5, 0.6) is 0 Å². The lowest BCUT2D eigenvalue weighted by atomic mass is 9.56. The first-order valence-electron chi connectivity index (χ1n) is 6.15. The second-order valence-electron chi connectivity index (χ2n) is 5.62. The SMILES string of the molecule is O=C1CCC2(CC3CCC2CC3CO)N1. The topological polar surface area (TPSA) is 49.3 Å². The Morgan fingerprint density at radius 3 is 2.87 bits per heavy atom. The van der Waals surface area contributed by atoms with Crippen LogP contribution in [0.15, 0.2) is 0 Å². The van der Waals surface area contributed by atoms with Crippen LogP contribution in [0.1, 0.15) is 38.5 Å². The lowest BCUT2D eigenvalue weighted by Gasteiger charge is -2.53. The molecule has 1 heterocycles. The van der Waals surface area contributed by atoms with Crippen molar-refractivity contribution in [2.75, 3.05) is 6.61 Å². The molecule has 2 bridgehead atoms. The number of nitrogens with one attached hydrogen (secondary N) is 1. The summed E-state index contributed by atoms with van der Waals surface area (Å²) in [5, 5.41) is 12.5. The van der Waals surface area contributed by atoms with Gasteiger partial charge < -0.3 is 10.4 Å². The van der Waals surface area contributed by atoms with Crippen molar-refractivity contribution in [2.45, 2.75) is 44.1 Å². The Kier molecular flexibility index (Phi) is 2.06. The fraction of sp³-hybridized carbons (Fsp3) is 0.917. The van der Waals surface area contributed by atoms with Gasteiger partial charge in [0.2, 0.25) is 5.91 Å². The highest BCUT2D eigenvalue weighted by Crippen LogP contribution is 2.53. The van der Waals surface area contributed by atoms with Gasteiger partial charge in [0.05, 0.1) is 0 Å². The summed E-state index contributed by atoms with van der Waals surface area (Å²) in [5.41, 5.74) is 0.131. The Morgan fingerprint density at radius 1 is 1.47 bits per heavy atom. The van der Waals surface area contributed by atoms with E-state index >= 15 is 0 Å². The summed E-state index contributed by atoms with van der Waals surface area (Å²) in [6.07, 6.45) is 6.50. The van der Waals surface area contributed by atoms with Crippen molar-refractivity contribution in [3.05, 3.63) is 0 Å². The summed E-state index contributed by atoms with van der Waals surface area (Å²) in [7, 11) is 0. The molecule has 0 aromatic heterocycles. The predicted molar refractivity (Wildman–Crippen MR) is 56.1 cm³/mol. The third-order valence-corrected chi connectivity index (χ3v) is 4.97. The molecule has 84 valence electrons. The number of aliphatic hydroxyl groups excluding tert-OH is 1. The van der Waals surface area contributed by atoms with Gasteiger partial charge in [-0.05, 0) is 49.9 Å². The largest absolute Gasteiger partial charge is 0.396 e. The lowest BCUT2D eigenvalue weighted by molar-refractivity contribution is -0.121. The molecule has 3 saturated carbocycles. The average molecular weight is 209 g/mol. The molecule has 3 aliphatic carbocycles. The molecular formula is C12H19NO2. The van der Waals surface area contributed by atoms with Crippen molar-refractivity contribution in [3.8, 4) is 0 Å². The third kappa shape index (κ3) is 1.32. The molecule has 3 heteroatoms. The van der Waals surface area contributed by atoms with E-state index in [1.165, 1.54) is 12.8 Å². The first kappa shape index (κ1) is 9.64. The van der Waals surface area contributed by atoms with E-state index < -0.39 is 0 Å². The average Bonchev–Trinajstić information content (AvgIpc) is 2.61. The van der Waals surface area contributed by atoms with Crippen molar-refractivity contribution >= 4 is 5.91 Å². The Balaban J connectivity index is 1.82. The van der Waals surface area contributed by atoms with Crippen LogP contribution >= 0.6 is 0 Å². The fourth-order valence-corrected chi connectivity index (χ4v) is 4.15. The molecular weight excluding hydrogens is 190 g/mol. The van der Waals surface area contributed by atoms with E-state index in [0.717, 1.165) is 19.3 Å². The molecule has 15 heavy (non-hydrogen) atoms. The van der Waals surface area contributed by atoms with Crippen molar-refractivity contribution < 1.29 is 9.90 Å². The fourth-order valence-electron chi connectivity index (χ4n) is 4.15. The van der Waals surface area contributed by atoms with Gasteiger partial charge in [-0.2, -0.15) is 0 Å². The molecule has 4 fully saturated rings. The molecule has 3 nitrogen and oxygen atoms in total. The number of carbonyl (C=O) groups is 1. The highest BCUT2D eigenvalue weighted by Gasteiger charge is 2.53. The number of hydrogen-bond donors (Lipinski definition) is 2. The van der Waals surface area contributed by atoms with Crippen molar-refractivity contribution in [1.29, 1.82) is 0 Å². The van der Waals surface area contributed by atoms with Gasteiger partial charge in [-0.3, -0.25) is 4.79 Å². The minimum atomic E-state index is 0.131. The highest BCUT2D eigenvalue weighted by atomic mass is 16.3. The maximum atomic E-state index is 11.4. The van der Waals surface area contributed by atoms with Gasteiger partial charge in [-0.15, -0.1) is 0 Å². The van der Waals surface area contributed by atoms with Gasteiger partial charge in [0, 0.05) is 18.6 Å². The van der Waals surface area contributed by atoms with Crippen LogP contribution in [-0.2, 0) is 4.79 Å². The minimum absolute atomic E-state index is 0.131. The van der Waals surface area contributed by atoms with Crippen LogP contribution in [0.25, 0.3) is 0 Å². The smallest absolute Gasteiger partial charge is 0.220 e. The molecule has 0 radical (unpaired) electrons. The molecule has 4 unspecified atom stereocenters. The van der Waals surface area contributed by atoms with Gasteiger partial charge in [0.25, 0.3) is 0 Å². The number of amides is 1. The quantitative estimate of drug-likeness (QED) is 0.678. The maximum Gasteiger partial charge on any atom is 0.220 e. The monoisotopic (exact) mass is 209 g/mol. The Morgan fingerprint density at radius 2 is 2.33 bits per heavy atom. The van der Waals surface area contributed by atoms with E-state index in [0.29, 0.717) is 30.8 Å². The number of fused-ring (bicyclic) bond motifs is 2. The van der Waals surface area contributed by atoms with Crippen molar-refractivity contribution in [2.24, 2.45) is 17.8 Å².